The average molecular weight is 1310 g/mol. The molecule has 0 unspecified atom stereocenters. The van der Waals surface area contributed by atoms with Crippen molar-refractivity contribution in [2.24, 2.45) is 0 Å². The summed E-state index contributed by atoms with van der Waals surface area (Å²) in [4.78, 5) is 59.1. The van der Waals surface area contributed by atoms with Crippen molar-refractivity contribution in [1.82, 2.24) is 4.90 Å². The van der Waals surface area contributed by atoms with Crippen molar-refractivity contribution >= 4 is 23.8 Å². The molecule has 0 spiro atoms. The lowest BCUT2D eigenvalue weighted by Gasteiger charge is -2.51. The van der Waals surface area contributed by atoms with Gasteiger partial charge < -0.3 is 71.8 Å². The number of aliphatic hydroxyl groups is 2. The number of carbonyl (C=O) groups excluding carboxylic acids is 4. The molecule has 96 heavy (non-hydrogen) atoms. The Morgan fingerprint density at radius 1 is 0.385 bits per heavy atom. The average Bonchev–Trinajstić information content (AvgIpc) is 1.67. The van der Waals surface area contributed by atoms with Gasteiger partial charge in [-0.15, -0.1) is 0 Å². The van der Waals surface area contributed by atoms with Crippen LogP contribution in [0.15, 0.2) is 237 Å². The first kappa shape index (κ1) is 67.3. The van der Waals surface area contributed by atoms with E-state index < -0.39 is 122 Å². The van der Waals surface area contributed by atoms with Gasteiger partial charge in [-0.25, -0.2) is 9.59 Å². The molecule has 498 valence electrons. The number of benzene rings is 8. The molecule has 2 amide bonds. The highest BCUT2D eigenvalue weighted by Crippen LogP contribution is 2.40. The quantitative estimate of drug-likeness (QED) is 0.0344. The third-order valence-corrected chi connectivity index (χ3v) is 17.1. The first-order chi connectivity index (χ1) is 47.1. The standard InChI is InChI=1S/C76H75NO19/c1-84-75-69(89-45-53-33-17-6-18-34-53)67(87-43-51-29-13-4-14-30-51)64(60(93-75)47-86-42-50-27-11-3-12-28-50)95-76-68(88-44-52-31-15-5-16-32-52)66(63(79)58(92-76)46-85-41-49-25-9-2-10-26-49)96-74-61(77-70(80)56-39-23-24-40-57(56)71(77)81)65(94-73(83)55-37-21-8-22-38-55)62(78)59(91-74)48-90-72(82)54-35-19-7-20-36-54/h2-40,58-69,74-76,78-79H,41-48H2,1H3/t58-,59-,60-,61-,62-,63+,64-,65-,66+,67+,68-,69-,74+,75-,76+/m1/s1. The van der Waals surface area contributed by atoms with Crippen molar-refractivity contribution in [2.45, 2.75) is 125 Å². The molecule has 20 heteroatoms. The molecule has 0 bridgehead atoms. The Bertz CT molecular complexity index is 3720. The van der Waals surface area contributed by atoms with E-state index in [9.17, 15) is 19.8 Å². The molecule has 3 fully saturated rings. The summed E-state index contributed by atoms with van der Waals surface area (Å²) in [6.45, 7) is -0.792. The maximum Gasteiger partial charge on any atom is 0.338 e. The van der Waals surface area contributed by atoms with Gasteiger partial charge >= 0.3 is 11.9 Å². The van der Waals surface area contributed by atoms with E-state index in [0.29, 0.717) is 5.56 Å². The van der Waals surface area contributed by atoms with E-state index in [0.717, 1.165) is 27.2 Å². The summed E-state index contributed by atoms with van der Waals surface area (Å²) in [6.07, 6.45) is -20.7. The normalized spacial score (nSPS) is 26.4. The summed E-state index contributed by atoms with van der Waals surface area (Å²) in [6, 6.07) is 67.6. The number of amides is 2. The molecular weight excluding hydrogens is 1230 g/mol. The third kappa shape index (κ3) is 16.4. The second kappa shape index (κ2) is 32.8. The molecule has 0 aromatic heterocycles. The van der Waals surface area contributed by atoms with E-state index in [1.54, 1.807) is 60.7 Å². The van der Waals surface area contributed by atoms with Crippen LogP contribution in [-0.2, 0) is 94.6 Å². The third-order valence-electron chi connectivity index (χ3n) is 17.1. The lowest BCUT2D eigenvalue weighted by molar-refractivity contribution is -0.385. The van der Waals surface area contributed by atoms with Crippen LogP contribution in [0.2, 0.25) is 0 Å². The largest absolute Gasteiger partial charge is 0.459 e. The van der Waals surface area contributed by atoms with Crippen LogP contribution in [0.25, 0.3) is 0 Å². The number of ether oxygens (including phenoxy) is 13. The van der Waals surface area contributed by atoms with Crippen molar-refractivity contribution in [3.8, 4) is 0 Å². The molecule has 8 aromatic rings. The SMILES string of the molecule is CO[C@@H]1O[C@H](COCc2ccccc2)[C@@H](O[C@@H]2O[C@H](COCc3ccccc3)[C@H](O)[C@H](O[C@@H]3O[C@H](COC(=O)c4ccccc4)[C@@H](O)[C@H](OC(=O)c4ccccc4)[C@H]3N3C(=O)c4ccccc4C3=O)[C@H]2OCc2ccccc2)[C@H](OCc2ccccc2)[C@H]1OCc1ccccc1. The van der Waals surface area contributed by atoms with Crippen molar-refractivity contribution in [3.63, 3.8) is 0 Å². The summed E-state index contributed by atoms with van der Waals surface area (Å²) in [5, 5.41) is 26.0. The van der Waals surface area contributed by atoms with Crippen LogP contribution in [-0.4, -0.2) is 158 Å². The second-order valence-corrected chi connectivity index (χ2v) is 23.5. The maximum atomic E-state index is 15.0. The highest BCUT2D eigenvalue weighted by atomic mass is 16.8. The van der Waals surface area contributed by atoms with Gasteiger partial charge in [-0.2, -0.15) is 0 Å². The number of fused-ring (bicyclic) bond motifs is 1. The maximum absolute atomic E-state index is 15.0. The zero-order chi connectivity index (χ0) is 66.2. The minimum atomic E-state index is -1.96. The Morgan fingerprint density at radius 3 is 1.23 bits per heavy atom. The van der Waals surface area contributed by atoms with Crippen LogP contribution in [0, 0.1) is 0 Å². The zero-order valence-corrected chi connectivity index (χ0v) is 52.6. The number of rotatable bonds is 28. The van der Waals surface area contributed by atoms with Gasteiger partial charge in [-0.05, 0) is 64.2 Å². The van der Waals surface area contributed by atoms with Crippen LogP contribution in [0.1, 0.15) is 69.2 Å². The van der Waals surface area contributed by atoms with Gasteiger partial charge in [0.15, 0.2) is 25.0 Å². The zero-order valence-electron chi connectivity index (χ0n) is 52.6. The van der Waals surface area contributed by atoms with Crippen molar-refractivity contribution in [3.05, 3.63) is 287 Å². The lowest BCUT2D eigenvalue weighted by Crippen LogP contribution is -2.70. The molecule has 15 atom stereocenters. The van der Waals surface area contributed by atoms with Crippen LogP contribution in [0.5, 0.6) is 0 Å². The minimum Gasteiger partial charge on any atom is -0.459 e. The van der Waals surface area contributed by atoms with Gasteiger partial charge in [0.25, 0.3) is 11.8 Å². The van der Waals surface area contributed by atoms with E-state index in [4.69, 9.17) is 61.6 Å². The van der Waals surface area contributed by atoms with Gasteiger partial charge in [0.2, 0.25) is 0 Å². The molecule has 0 aliphatic carbocycles. The van der Waals surface area contributed by atoms with Crippen LogP contribution < -0.4 is 0 Å². The second-order valence-electron chi connectivity index (χ2n) is 23.5. The lowest BCUT2D eigenvalue weighted by atomic mass is 9.93. The van der Waals surface area contributed by atoms with E-state index in [-0.39, 0.29) is 68.5 Å². The number of hydrogen-bond acceptors (Lipinski definition) is 19. The Balaban J connectivity index is 0.976. The Hall–Kier alpha value is -8.68. The van der Waals surface area contributed by atoms with Gasteiger partial charge in [0.1, 0.15) is 73.7 Å². The van der Waals surface area contributed by atoms with Gasteiger partial charge in [-0.1, -0.05) is 200 Å². The van der Waals surface area contributed by atoms with E-state index >= 15 is 9.59 Å². The fourth-order valence-corrected chi connectivity index (χ4v) is 12.2. The van der Waals surface area contributed by atoms with Crippen molar-refractivity contribution in [1.29, 1.82) is 0 Å². The molecule has 3 saturated heterocycles. The smallest absolute Gasteiger partial charge is 0.338 e. The summed E-state index contributed by atoms with van der Waals surface area (Å²) >= 11 is 0. The van der Waals surface area contributed by atoms with Crippen molar-refractivity contribution in [2.75, 3.05) is 26.9 Å². The van der Waals surface area contributed by atoms with E-state index in [2.05, 4.69) is 0 Å². The van der Waals surface area contributed by atoms with E-state index in [1.807, 2.05) is 152 Å². The predicted octanol–water partition coefficient (Wildman–Crippen LogP) is 9.24. The molecule has 0 saturated carbocycles. The fraction of sp³-hybridized carbons (Fsp3) is 0.316. The monoisotopic (exact) mass is 1310 g/mol. The molecule has 8 aromatic carbocycles. The predicted molar refractivity (Wildman–Crippen MR) is 345 cm³/mol. The Labute approximate surface area is 555 Å². The molecule has 2 N–H and O–H groups in total. The molecular formula is C76H75NO19. The minimum absolute atomic E-state index is 0.00450. The summed E-state index contributed by atoms with van der Waals surface area (Å²) in [5.41, 5.74) is 4.30. The van der Waals surface area contributed by atoms with Crippen molar-refractivity contribution < 1.29 is 91.0 Å². The molecule has 4 heterocycles. The topological polar surface area (TPSA) is 232 Å². The van der Waals surface area contributed by atoms with Crippen LogP contribution >= 0.6 is 0 Å². The molecule has 20 nitrogen and oxygen atoms in total. The molecule has 12 rings (SSSR count). The summed E-state index contributed by atoms with van der Waals surface area (Å²) in [7, 11) is 1.51. The Morgan fingerprint density at radius 2 is 0.750 bits per heavy atom. The number of methoxy groups -OCH3 is 1. The van der Waals surface area contributed by atoms with Gasteiger partial charge in [0.05, 0.1) is 68.5 Å². The Kier molecular flexibility index (Phi) is 23.0. The summed E-state index contributed by atoms with van der Waals surface area (Å²) in [5.74, 6) is -3.42. The van der Waals surface area contributed by atoms with Crippen LogP contribution in [0.4, 0.5) is 0 Å². The molecule has 4 aliphatic rings. The fourth-order valence-electron chi connectivity index (χ4n) is 12.2. The summed E-state index contributed by atoms with van der Waals surface area (Å²) < 4.78 is 87.5. The first-order valence-corrected chi connectivity index (χ1v) is 31.9. The number of carbonyl (C=O) groups is 4. The number of nitrogens with zero attached hydrogens (tertiary/aromatic N) is 1. The van der Waals surface area contributed by atoms with Gasteiger partial charge in [0, 0.05) is 7.11 Å². The molecule has 4 aliphatic heterocycles. The molecule has 0 radical (unpaired) electrons. The van der Waals surface area contributed by atoms with E-state index in [1.165, 1.54) is 31.4 Å². The highest BCUT2D eigenvalue weighted by Gasteiger charge is 2.60. The number of imide groups is 1. The van der Waals surface area contributed by atoms with Crippen LogP contribution in [0.3, 0.4) is 0 Å². The first-order valence-electron chi connectivity index (χ1n) is 31.9. The number of esters is 2. The number of hydrogen-bond donors (Lipinski definition) is 2. The highest BCUT2D eigenvalue weighted by molar-refractivity contribution is 6.21. The van der Waals surface area contributed by atoms with Gasteiger partial charge in [-0.3, -0.25) is 14.5 Å². The number of aliphatic hydroxyl groups excluding tert-OH is 2.